The Hall–Kier alpha value is -9.68. The lowest BCUT2D eigenvalue weighted by atomic mass is 9.90. The fourth-order valence-corrected chi connectivity index (χ4v) is 11.5. The number of nitrogens with zero attached hydrogens (tertiary/aromatic N) is 2. The molecule has 0 radical (unpaired) electrons. The average molecular weight is 1120 g/mol. The Labute approximate surface area is 488 Å². The maximum atomic E-state index is 14.0. The first-order chi connectivity index (χ1) is 40.4. The third-order valence-electron chi connectivity index (χ3n) is 16.3. The van der Waals surface area contributed by atoms with Gasteiger partial charge in [0.25, 0.3) is 0 Å². The van der Waals surface area contributed by atoms with Gasteiger partial charge in [0, 0.05) is 66.6 Å². The Balaban J connectivity index is 1.43. The Bertz CT molecular complexity index is 3750. The molecule has 2 N–H and O–H groups in total. The number of aromatic nitrogens is 4. The predicted octanol–water partition coefficient (Wildman–Crippen LogP) is 17.3. The van der Waals surface area contributed by atoms with E-state index in [0.717, 1.165) is 44.5 Å². The number of H-pyrrole nitrogens is 2. The molecule has 84 heavy (non-hydrogen) atoms. The Kier molecular flexibility index (Phi) is 15.1. The minimum atomic E-state index is -0.716. The molecule has 11 rings (SSSR count). The molecule has 5 heterocycles. The van der Waals surface area contributed by atoms with E-state index < -0.39 is 23.9 Å². The van der Waals surface area contributed by atoms with Crippen LogP contribution in [-0.4, -0.2) is 72.3 Å². The van der Waals surface area contributed by atoms with E-state index in [1.807, 2.05) is 24.3 Å². The van der Waals surface area contributed by atoms with Crippen LogP contribution in [0.3, 0.4) is 0 Å². The predicted molar refractivity (Wildman–Crippen MR) is 333 cm³/mol. The number of hydrogen-bond donors (Lipinski definition) is 2. The lowest BCUT2D eigenvalue weighted by Crippen LogP contribution is -2.12. The minimum Gasteiger partial charge on any atom is -0.465 e. The molecule has 422 valence electrons. The van der Waals surface area contributed by atoms with E-state index in [9.17, 15) is 19.2 Å². The summed E-state index contributed by atoms with van der Waals surface area (Å²) in [7, 11) is 5.15. The fourth-order valence-electron chi connectivity index (χ4n) is 11.5. The van der Waals surface area contributed by atoms with Gasteiger partial charge in [0.15, 0.2) is 0 Å². The highest BCUT2D eigenvalue weighted by Crippen LogP contribution is 2.51. The van der Waals surface area contributed by atoms with Crippen molar-refractivity contribution >= 4 is 45.9 Å². The number of methoxy groups -OCH3 is 4. The second-order valence-corrected chi connectivity index (χ2v) is 22.6. The number of rotatable bonds is 12. The van der Waals surface area contributed by atoms with Crippen LogP contribution in [0.25, 0.3) is 112 Å². The number of hydrogen-bond acceptors (Lipinski definition) is 10. The zero-order valence-electron chi connectivity index (χ0n) is 49.3. The third-order valence-corrected chi connectivity index (χ3v) is 16.3. The number of aromatic amines is 2. The van der Waals surface area contributed by atoms with Crippen LogP contribution < -0.4 is 0 Å². The van der Waals surface area contributed by atoms with Crippen molar-refractivity contribution in [3.8, 4) is 89.5 Å². The summed E-state index contributed by atoms with van der Waals surface area (Å²) in [5, 5.41) is 0. The van der Waals surface area contributed by atoms with Crippen LogP contribution in [0.5, 0.6) is 0 Å². The molecule has 12 heteroatoms. The van der Waals surface area contributed by atoms with Crippen molar-refractivity contribution in [1.82, 2.24) is 19.9 Å². The highest BCUT2D eigenvalue weighted by molar-refractivity contribution is 6.13. The van der Waals surface area contributed by atoms with Crippen LogP contribution in [0.2, 0.25) is 0 Å². The van der Waals surface area contributed by atoms with Gasteiger partial charge >= 0.3 is 23.9 Å². The fraction of sp³-hybridized carbons (Fsp3) is 0.222. The lowest BCUT2D eigenvalue weighted by Gasteiger charge is -2.14. The molecule has 3 aromatic heterocycles. The Morgan fingerprint density at radius 1 is 0.310 bits per heavy atom. The molecule has 0 aliphatic carbocycles. The molecule has 0 unspecified atom stereocenters. The van der Waals surface area contributed by atoms with E-state index >= 15 is 0 Å². The molecular weight excluding hydrogens is 1050 g/mol. The molecule has 0 amide bonds. The van der Waals surface area contributed by atoms with Gasteiger partial charge in [-0.25, -0.2) is 29.1 Å². The van der Waals surface area contributed by atoms with Gasteiger partial charge in [-0.05, 0) is 117 Å². The van der Waals surface area contributed by atoms with E-state index in [1.54, 1.807) is 24.3 Å². The highest BCUT2D eigenvalue weighted by atomic mass is 16.5. The van der Waals surface area contributed by atoms with Crippen LogP contribution in [0.4, 0.5) is 0 Å². The topological polar surface area (TPSA) is 163 Å². The number of fused-ring (bicyclic) bond motifs is 14. The van der Waals surface area contributed by atoms with Crippen molar-refractivity contribution in [3.05, 3.63) is 190 Å². The normalized spacial score (nSPS) is 11.7. The zero-order chi connectivity index (χ0) is 59.4. The van der Waals surface area contributed by atoms with Crippen LogP contribution in [0.1, 0.15) is 143 Å². The van der Waals surface area contributed by atoms with E-state index in [-0.39, 0.29) is 45.9 Å². The maximum Gasteiger partial charge on any atom is 0.338 e. The molecule has 0 saturated carbocycles. The van der Waals surface area contributed by atoms with E-state index in [4.69, 9.17) is 28.9 Å². The summed E-state index contributed by atoms with van der Waals surface area (Å²) in [6.07, 6.45) is 0. The van der Waals surface area contributed by atoms with Crippen LogP contribution in [0.15, 0.2) is 146 Å². The second kappa shape index (κ2) is 22.6. The summed E-state index contributed by atoms with van der Waals surface area (Å²) < 4.78 is 21.5. The minimum absolute atomic E-state index is 0.0178. The largest absolute Gasteiger partial charge is 0.465 e. The van der Waals surface area contributed by atoms with Crippen LogP contribution in [0, 0.1) is 0 Å². The van der Waals surface area contributed by atoms with Gasteiger partial charge in [0.2, 0.25) is 0 Å². The molecule has 2 aliphatic rings. The van der Waals surface area contributed by atoms with Crippen molar-refractivity contribution < 1.29 is 38.1 Å². The number of benzene rings is 6. The lowest BCUT2D eigenvalue weighted by molar-refractivity contribution is 0.0555. The molecule has 0 spiro atoms. The van der Waals surface area contributed by atoms with Crippen molar-refractivity contribution in [1.29, 1.82) is 0 Å². The first kappa shape index (κ1) is 56.2. The molecule has 6 aromatic carbocycles. The highest BCUT2D eigenvalue weighted by Gasteiger charge is 2.33. The molecule has 0 atom stereocenters. The summed E-state index contributed by atoms with van der Waals surface area (Å²) >= 11 is 0. The molecule has 0 saturated heterocycles. The van der Waals surface area contributed by atoms with Crippen molar-refractivity contribution in [2.75, 3.05) is 28.4 Å². The number of carbonyl (C=O) groups is 4. The zero-order valence-corrected chi connectivity index (χ0v) is 49.3. The summed E-state index contributed by atoms with van der Waals surface area (Å²) in [5.41, 5.74) is 17.9. The third kappa shape index (κ3) is 9.95. The van der Waals surface area contributed by atoms with Gasteiger partial charge < -0.3 is 28.9 Å². The van der Waals surface area contributed by atoms with Crippen molar-refractivity contribution in [2.24, 2.45) is 0 Å². The second-order valence-electron chi connectivity index (χ2n) is 22.6. The van der Waals surface area contributed by atoms with Gasteiger partial charge in [-0.2, -0.15) is 0 Å². The van der Waals surface area contributed by atoms with Gasteiger partial charge in [-0.1, -0.05) is 152 Å². The molecule has 9 aromatic rings. The van der Waals surface area contributed by atoms with E-state index in [1.165, 1.54) is 28.4 Å². The van der Waals surface area contributed by atoms with Gasteiger partial charge in [-0.3, -0.25) is 0 Å². The first-order valence-corrected chi connectivity index (χ1v) is 28.4. The molecule has 2 aliphatic heterocycles. The Morgan fingerprint density at radius 3 is 0.667 bits per heavy atom. The molecular formula is C72H66N4O8. The van der Waals surface area contributed by atoms with Gasteiger partial charge in [-0.15, -0.1) is 0 Å². The molecule has 8 bridgehead atoms. The van der Waals surface area contributed by atoms with Crippen molar-refractivity contribution in [3.63, 3.8) is 0 Å². The summed E-state index contributed by atoms with van der Waals surface area (Å²) in [5.74, 6) is -1.91. The monoisotopic (exact) mass is 1110 g/mol. The maximum absolute atomic E-state index is 14.0. The SMILES string of the molecule is COC(=O)c1cc2c(cc1C(=O)OC)-c1nc-2c(-c2ccc(C(C)C)cc2)c2ccc([nH]2)c(-c2ccc(C(C)C)cc2)c2nc(c(-c3ccc(C(C)C)cc3)c3ccc([nH]3)c1-c1ccc(C(C)C)cc1)-c1cc(C(=O)OC)c(C(=O)OC)cc1-2. The molecule has 0 fully saturated rings. The average Bonchev–Trinajstić information content (AvgIpc) is 2.00. The quantitative estimate of drug-likeness (QED) is 0.0889. The number of esters is 4. The standard InChI is InChI=1S/C72H66N4O8/c1-37(2)41-13-21-45(22-14-41)61-57-29-30-58(73-57)62(46-23-15-42(16-24-46)38(3)4)67-51-35-55(71(79)83-11)56(72(80)84-12)36-52(51)68(76-67)64(48-27-19-44(20-28-48)40(7)8)60-32-31-59(74-60)63(47-25-17-43(18-26-47)39(5)6)66-50-34-54(70(78)82-10)53(69(77)81-9)33-49(50)65(61)75-66/h13-40,73-74H,1-12H3. The number of nitrogens with one attached hydrogen (secondary N) is 2. The van der Waals surface area contributed by atoms with E-state index in [0.29, 0.717) is 89.4 Å². The van der Waals surface area contributed by atoms with Gasteiger partial charge in [0.05, 0.1) is 73.5 Å². The number of carbonyl (C=O) groups excluding carboxylic acids is 4. The van der Waals surface area contributed by atoms with Crippen LogP contribution >= 0.6 is 0 Å². The van der Waals surface area contributed by atoms with Crippen LogP contribution in [-0.2, 0) is 18.9 Å². The summed E-state index contributed by atoms with van der Waals surface area (Å²) in [4.78, 5) is 75.3. The smallest absolute Gasteiger partial charge is 0.338 e. The molecule has 12 nitrogen and oxygen atoms in total. The van der Waals surface area contributed by atoms with Gasteiger partial charge in [0.1, 0.15) is 0 Å². The Morgan fingerprint density at radius 2 is 0.500 bits per heavy atom. The first-order valence-electron chi connectivity index (χ1n) is 28.4. The van der Waals surface area contributed by atoms with E-state index in [2.05, 4.69) is 162 Å². The summed E-state index contributed by atoms with van der Waals surface area (Å²) in [6, 6.07) is 48.5. The number of ether oxygens (including phenoxy) is 4. The van der Waals surface area contributed by atoms with Crippen molar-refractivity contribution in [2.45, 2.75) is 79.1 Å². The summed E-state index contributed by atoms with van der Waals surface area (Å²) in [6.45, 7) is 17.2.